The van der Waals surface area contributed by atoms with Crippen LogP contribution in [0.5, 0.6) is 0 Å². The SMILES string of the molecule is CC(C)(C)OC(=O)N1CCC(N2CCC3(CCCC(CC(=O)c4cccc(F)c4)C3)C2=O)CC1. The summed E-state index contributed by atoms with van der Waals surface area (Å²) in [5.41, 5.74) is -0.470. The van der Waals surface area contributed by atoms with Gasteiger partial charge in [0, 0.05) is 37.7 Å². The molecule has 2 saturated heterocycles. The molecule has 3 aliphatic rings. The number of halogens is 1. The van der Waals surface area contributed by atoms with E-state index in [9.17, 15) is 18.8 Å². The van der Waals surface area contributed by atoms with Crippen LogP contribution in [0.2, 0.25) is 0 Å². The Morgan fingerprint density at radius 3 is 2.53 bits per heavy atom. The molecule has 1 aliphatic carbocycles. The normalized spacial score (nSPS) is 26.2. The van der Waals surface area contributed by atoms with Crippen molar-refractivity contribution in [3.8, 4) is 0 Å². The van der Waals surface area contributed by atoms with E-state index in [1.54, 1.807) is 17.0 Å². The zero-order chi connectivity index (χ0) is 24.5. The van der Waals surface area contributed by atoms with Crippen molar-refractivity contribution in [2.45, 2.75) is 83.8 Å². The molecule has 0 aromatic heterocycles. The van der Waals surface area contributed by atoms with Crippen LogP contribution >= 0.6 is 0 Å². The molecule has 2 unspecified atom stereocenters. The molecule has 2 aliphatic heterocycles. The Balaban J connectivity index is 1.33. The number of carbonyl (C=O) groups is 3. The molecule has 1 spiro atoms. The van der Waals surface area contributed by atoms with E-state index in [0.29, 0.717) is 25.1 Å². The summed E-state index contributed by atoms with van der Waals surface area (Å²) in [4.78, 5) is 42.5. The predicted octanol–water partition coefficient (Wildman–Crippen LogP) is 5.21. The Labute approximate surface area is 201 Å². The van der Waals surface area contributed by atoms with Gasteiger partial charge in [0.1, 0.15) is 11.4 Å². The maximum Gasteiger partial charge on any atom is 0.410 e. The Hall–Kier alpha value is -2.44. The molecular weight excluding hydrogens is 435 g/mol. The Morgan fingerprint density at radius 2 is 1.85 bits per heavy atom. The van der Waals surface area contributed by atoms with E-state index in [-0.39, 0.29) is 35.2 Å². The van der Waals surface area contributed by atoms with Crippen LogP contribution in [0.25, 0.3) is 0 Å². The van der Waals surface area contributed by atoms with Gasteiger partial charge in [-0.15, -0.1) is 0 Å². The van der Waals surface area contributed by atoms with E-state index in [2.05, 4.69) is 0 Å². The lowest BCUT2D eigenvalue weighted by molar-refractivity contribution is -0.141. The fraction of sp³-hybridized carbons (Fsp3) is 0.667. The van der Waals surface area contributed by atoms with Gasteiger partial charge in [-0.1, -0.05) is 18.6 Å². The first-order chi connectivity index (χ1) is 16.1. The first-order valence-electron chi connectivity index (χ1n) is 12.6. The summed E-state index contributed by atoms with van der Waals surface area (Å²) in [5.74, 6) is -0.0581. The molecule has 1 aromatic rings. The topological polar surface area (TPSA) is 66.9 Å². The molecule has 1 saturated carbocycles. The van der Waals surface area contributed by atoms with Crippen molar-refractivity contribution in [2.24, 2.45) is 11.3 Å². The van der Waals surface area contributed by atoms with Crippen LogP contribution in [0.3, 0.4) is 0 Å². The summed E-state index contributed by atoms with van der Waals surface area (Å²) in [6.45, 7) is 7.54. The van der Waals surface area contributed by atoms with Gasteiger partial charge in [-0.05, 0) is 77.3 Å². The van der Waals surface area contributed by atoms with Gasteiger partial charge in [-0.3, -0.25) is 9.59 Å². The first-order valence-corrected chi connectivity index (χ1v) is 12.6. The third-order valence-electron chi connectivity index (χ3n) is 7.67. The highest BCUT2D eigenvalue weighted by Gasteiger charge is 2.51. The predicted molar refractivity (Wildman–Crippen MR) is 127 cm³/mol. The molecule has 2 amide bonds. The fourth-order valence-corrected chi connectivity index (χ4v) is 6.01. The van der Waals surface area contributed by atoms with E-state index < -0.39 is 11.4 Å². The number of benzene rings is 1. The lowest BCUT2D eigenvalue weighted by Gasteiger charge is -2.40. The van der Waals surface area contributed by atoms with Crippen LogP contribution in [-0.4, -0.2) is 58.9 Å². The quantitative estimate of drug-likeness (QED) is 0.565. The number of nitrogens with zero attached hydrogens (tertiary/aromatic N) is 2. The average molecular weight is 473 g/mol. The third kappa shape index (κ3) is 5.44. The van der Waals surface area contributed by atoms with Crippen molar-refractivity contribution in [1.82, 2.24) is 9.80 Å². The second-order valence-corrected chi connectivity index (χ2v) is 11.3. The highest BCUT2D eigenvalue weighted by Crippen LogP contribution is 2.49. The van der Waals surface area contributed by atoms with Gasteiger partial charge in [0.05, 0.1) is 5.41 Å². The van der Waals surface area contributed by atoms with E-state index in [0.717, 1.165) is 51.5 Å². The minimum Gasteiger partial charge on any atom is -0.444 e. The summed E-state index contributed by atoms with van der Waals surface area (Å²) < 4.78 is 19.0. The number of piperidine rings is 1. The fourth-order valence-electron chi connectivity index (χ4n) is 6.01. The third-order valence-corrected chi connectivity index (χ3v) is 7.67. The number of rotatable bonds is 4. The van der Waals surface area contributed by atoms with Crippen LogP contribution in [0.4, 0.5) is 9.18 Å². The zero-order valence-corrected chi connectivity index (χ0v) is 20.6. The number of ketones is 1. The summed E-state index contributed by atoms with van der Waals surface area (Å²) in [7, 11) is 0. The van der Waals surface area contributed by atoms with Crippen molar-refractivity contribution in [3.05, 3.63) is 35.6 Å². The molecule has 6 nitrogen and oxygen atoms in total. The Morgan fingerprint density at radius 1 is 1.12 bits per heavy atom. The lowest BCUT2D eigenvalue weighted by Crippen LogP contribution is -2.49. The van der Waals surface area contributed by atoms with Crippen molar-refractivity contribution in [2.75, 3.05) is 19.6 Å². The highest BCUT2D eigenvalue weighted by molar-refractivity contribution is 5.96. The van der Waals surface area contributed by atoms with Crippen LogP contribution in [-0.2, 0) is 9.53 Å². The number of Topliss-reactive ketones (excluding diaryl/α,β-unsaturated/α-hetero) is 1. The molecule has 34 heavy (non-hydrogen) atoms. The van der Waals surface area contributed by atoms with E-state index in [1.807, 2.05) is 25.7 Å². The maximum absolute atomic E-state index is 13.6. The summed E-state index contributed by atoms with van der Waals surface area (Å²) >= 11 is 0. The van der Waals surface area contributed by atoms with Gasteiger partial charge in [-0.25, -0.2) is 9.18 Å². The van der Waals surface area contributed by atoms with E-state index in [4.69, 9.17) is 4.74 Å². The van der Waals surface area contributed by atoms with Gasteiger partial charge < -0.3 is 14.5 Å². The van der Waals surface area contributed by atoms with Crippen molar-refractivity contribution in [3.63, 3.8) is 0 Å². The maximum atomic E-state index is 13.6. The summed E-state index contributed by atoms with van der Waals surface area (Å²) in [6, 6.07) is 6.02. The smallest absolute Gasteiger partial charge is 0.410 e. The van der Waals surface area contributed by atoms with E-state index >= 15 is 0 Å². The standard InChI is InChI=1S/C27H37FN2O4/c1-26(2,3)34-25(33)29-13-9-22(10-14-29)30-15-12-27(24(30)32)11-5-6-19(18-27)16-23(31)20-7-4-8-21(28)17-20/h4,7-8,17,19,22H,5-6,9-16,18H2,1-3H3. The zero-order valence-electron chi connectivity index (χ0n) is 20.6. The monoisotopic (exact) mass is 472 g/mol. The van der Waals surface area contributed by atoms with Crippen LogP contribution in [0, 0.1) is 17.2 Å². The molecule has 0 bridgehead atoms. The second kappa shape index (κ2) is 9.67. The highest BCUT2D eigenvalue weighted by atomic mass is 19.1. The van der Waals surface area contributed by atoms with Gasteiger partial charge in [0.25, 0.3) is 0 Å². The van der Waals surface area contributed by atoms with Crippen LogP contribution in [0.15, 0.2) is 24.3 Å². The average Bonchev–Trinajstić information content (AvgIpc) is 3.08. The molecule has 186 valence electrons. The molecule has 1 aromatic carbocycles. The lowest BCUT2D eigenvalue weighted by atomic mass is 9.67. The van der Waals surface area contributed by atoms with Crippen LogP contribution < -0.4 is 0 Å². The molecule has 3 fully saturated rings. The molecule has 4 rings (SSSR count). The Bertz CT molecular complexity index is 935. The molecule has 2 atom stereocenters. The molecule has 2 heterocycles. The first kappa shape index (κ1) is 24.7. The van der Waals surface area contributed by atoms with Gasteiger partial charge in [0.2, 0.25) is 5.91 Å². The van der Waals surface area contributed by atoms with Crippen molar-refractivity contribution in [1.29, 1.82) is 0 Å². The molecule has 0 radical (unpaired) electrons. The molecule has 0 N–H and O–H groups in total. The minimum absolute atomic E-state index is 0.0432. The number of hydrogen-bond donors (Lipinski definition) is 0. The van der Waals surface area contributed by atoms with Crippen molar-refractivity contribution >= 4 is 17.8 Å². The number of likely N-dealkylation sites (tertiary alicyclic amines) is 2. The summed E-state index contributed by atoms with van der Waals surface area (Å²) in [5, 5.41) is 0. The van der Waals surface area contributed by atoms with Gasteiger partial charge in [-0.2, -0.15) is 0 Å². The number of hydrogen-bond acceptors (Lipinski definition) is 4. The number of amides is 2. The minimum atomic E-state index is -0.515. The van der Waals surface area contributed by atoms with Crippen LogP contribution in [0.1, 0.15) is 82.5 Å². The molecule has 7 heteroatoms. The number of carbonyl (C=O) groups excluding carboxylic acids is 3. The second-order valence-electron chi connectivity index (χ2n) is 11.3. The largest absolute Gasteiger partial charge is 0.444 e. The van der Waals surface area contributed by atoms with Gasteiger partial charge >= 0.3 is 6.09 Å². The Kier molecular flexibility index (Phi) is 7.02. The van der Waals surface area contributed by atoms with E-state index in [1.165, 1.54) is 12.1 Å². The molecular formula is C27H37FN2O4. The van der Waals surface area contributed by atoms with Gasteiger partial charge in [0.15, 0.2) is 5.78 Å². The number of ether oxygens (including phenoxy) is 1. The van der Waals surface area contributed by atoms with Crippen molar-refractivity contribution < 1.29 is 23.5 Å². The summed E-state index contributed by atoms with van der Waals surface area (Å²) in [6.07, 6.45) is 5.94.